The summed E-state index contributed by atoms with van der Waals surface area (Å²) in [7, 11) is 0. The van der Waals surface area contributed by atoms with Crippen molar-refractivity contribution < 1.29 is 14.6 Å². The number of nitrogens with one attached hydrogen (secondary N) is 1. The van der Waals surface area contributed by atoms with E-state index in [1.165, 1.54) is 0 Å². The number of aliphatic hydroxyl groups excluding tert-OH is 1. The molecule has 0 aromatic carbocycles. The summed E-state index contributed by atoms with van der Waals surface area (Å²) in [5.74, 6) is -0.590. The van der Waals surface area contributed by atoms with Crippen LogP contribution in [0.15, 0.2) is 21.7 Å². The molecule has 2 unspecified atom stereocenters. The van der Waals surface area contributed by atoms with Crippen LogP contribution >= 0.6 is 27.3 Å². The maximum Gasteiger partial charge on any atom is 0.251 e. The van der Waals surface area contributed by atoms with Crippen molar-refractivity contribution in [3.8, 4) is 0 Å². The van der Waals surface area contributed by atoms with Crippen molar-refractivity contribution in [3.05, 3.63) is 16.5 Å². The number of hydrogen-bond acceptors (Lipinski definition) is 9. The van der Waals surface area contributed by atoms with Crippen LogP contribution in [0.2, 0.25) is 0 Å². The van der Waals surface area contributed by atoms with Gasteiger partial charge in [-0.3, -0.25) is 10.2 Å². The van der Waals surface area contributed by atoms with E-state index in [4.69, 9.17) is 10.1 Å². The lowest BCUT2D eigenvalue weighted by Crippen LogP contribution is -2.26. The Kier molecular flexibility index (Phi) is 5.12. The van der Waals surface area contributed by atoms with E-state index in [1.807, 2.05) is 0 Å². The number of ether oxygens (including phenoxy) is 1. The van der Waals surface area contributed by atoms with Crippen molar-refractivity contribution in [1.29, 1.82) is 5.41 Å². The van der Waals surface area contributed by atoms with E-state index in [0.717, 1.165) is 17.7 Å². The molecule has 2 N–H and O–H groups in total. The van der Waals surface area contributed by atoms with Gasteiger partial charge in [0.15, 0.2) is 22.9 Å². The van der Waals surface area contributed by atoms with E-state index in [-0.39, 0.29) is 39.7 Å². The predicted octanol–water partition coefficient (Wildman–Crippen LogP) is 2.89. The van der Waals surface area contributed by atoms with Crippen molar-refractivity contribution >= 4 is 44.6 Å². The predicted molar refractivity (Wildman–Crippen MR) is 79.2 cm³/mol. The van der Waals surface area contributed by atoms with Gasteiger partial charge in [-0.2, -0.15) is 0 Å². The third kappa shape index (κ3) is 3.70. The summed E-state index contributed by atoms with van der Waals surface area (Å²) >= 11 is 4.42. The molecule has 112 valence electrons. The molecule has 0 amide bonds. The minimum absolute atomic E-state index is 0.0527. The lowest BCUT2D eigenvalue weighted by molar-refractivity contribution is -0.119. The van der Waals surface area contributed by atoms with Gasteiger partial charge in [-0.15, -0.1) is 20.4 Å². The molecule has 1 heterocycles. The third-order valence-corrected chi connectivity index (χ3v) is 4.35. The number of halogens is 1. The zero-order chi connectivity index (χ0) is 15.4. The quantitative estimate of drug-likeness (QED) is 0.355. The summed E-state index contributed by atoms with van der Waals surface area (Å²) in [6, 6.07) is 0. The normalized spacial score (nSPS) is 22.9. The summed E-state index contributed by atoms with van der Waals surface area (Å²) in [6.07, 6.45) is 1.33. The molecule has 0 aliphatic heterocycles. The van der Waals surface area contributed by atoms with Crippen LogP contribution in [0, 0.1) is 11.3 Å². The van der Waals surface area contributed by atoms with Gasteiger partial charge < -0.3 is 9.84 Å². The Bertz CT molecular complexity index is 615. The summed E-state index contributed by atoms with van der Waals surface area (Å²) in [4.78, 5) is 11.7. The van der Waals surface area contributed by atoms with E-state index >= 15 is 0 Å². The topological polar surface area (TPSA) is 121 Å². The number of aromatic nitrogens is 2. The molecule has 21 heavy (non-hydrogen) atoms. The highest BCUT2D eigenvalue weighted by Gasteiger charge is 2.32. The number of Topliss-reactive ketones (excluding diaryl/α,β-unsaturated/α-hetero) is 1. The van der Waals surface area contributed by atoms with Crippen LogP contribution in [0.3, 0.4) is 0 Å². The van der Waals surface area contributed by atoms with Gasteiger partial charge in [0.25, 0.3) is 5.13 Å². The minimum atomic E-state index is -0.301. The second-order valence-electron chi connectivity index (χ2n) is 4.31. The number of hydrogen-bond donors (Lipinski definition) is 2. The number of nitrogens with zero attached hydrogens (tertiary/aromatic N) is 4. The largest absolute Gasteiger partial charge is 0.509 e. The van der Waals surface area contributed by atoms with E-state index < -0.39 is 0 Å². The van der Waals surface area contributed by atoms with Gasteiger partial charge in [0.05, 0.1) is 4.83 Å². The second kappa shape index (κ2) is 6.85. The molecule has 2 rings (SSSR count). The SMILES string of the molecule is CC1CC(Br)C(O)=C(N=Nc2nnc(COC=N)s2)C1=O. The summed E-state index contributed by atoms with van der Waals surface area (Å²) in [6.45, 7) is 1.90. The molecular weight excluding hydrogens is 362 g/mol. The lowest BCUT2D eigenvalue weighted by Gasteiger charge is -2.21. The first kappa shape index (κ1) is 15.7. The van der Waals surface area contributed by atoms with E-state index in [1.54, 1.807) is 6.92 Å². The molecule has 0 bridgehead atoms. The van der Waals surface area contributed by atoms with Gasteiger partial charge in [0.1, 0.15) is 12.4 Å². The molecule has 10 heteroatoms. The van der Waals surface area contributed by atoms with Gasteiger partial charge in [-0.25, -0.2) is 0 Å². The first-order valence-electron chi connectivity index (χ1n) is 5.99. The molecule has 0 saturated carbocycles. The number of aliphatic hydroxyl groups is 1. The highest BCUT2D eigenvalue weighted by Crippen LogP contribution is 2.31. The van der Waals surface area contributed by atoms with Crippen LogP contribution in [0.5, 0.6) is 0 Å². The number of alkyl halides is 1. The maximum atomic E-state index is 12.0. The number of carbonyl (C=O) groups excluding carboxylic acids is 1. The molecule has 0 fully saturated rings. The van der Waals surface area contributed by atoms with E-state index in [9.17, 15) is 9.90 Å². The Morgan fingerprint density at radius 2 is 2.33 bits per heavy atom. The maximum absolute atomic E-state index is 12.0. The fraction of sp³-hybridized carbons (Fsp3) is 0.455. The Morgan fingerprint density at radius 3 is 3.05 bits per heavy atom. The second-order valence-corrected chi connectivity index (χ2v) is 6.46. The van der Waals surface area contributed by atoms with Crippen molar-refractivity contribution in [2.45, 2.75) is 24.8 Å². The molecule has 1 aromatic rings. The molecule has 1 aromatic heterocycles. The standard InChI is InChI=1S/C11H12BrN5O3S/c1-5-2-6(12)10(19)8(9(5)18)15-17-11-16-14-7(21-11)3-20-4-13/h4-6,13,19H,2-3H2,1H3. The summed E-state index contributed by atoms with van der Waals surface area (Å²) < 4.78 is 4.76. The number of azo groups is 1. The fourth-order valence-corrected chi connectivity index (χ4v) is 3.05. The molecule has 2 atom stereocenters. The summed E-state index contributed by atoms with van der Waals surface area (Å²) in [5, 5.41) is 32.6. The number of ketones is 1. The fourth-order valence-electron chi connectivity index (χ4n) is 1.69. The minimum Gasteiger partial charge on any atom is -0.509 e. The average Bonchev–Trinajstić information content (AvgIpc) is 2.91. The molecule has 1 aliphatic rings. The molecule has 1 aliphatic carbocycles. The highest BCUT2D eigenvalue weighted by atomic mass is 79.9. The lowest BCUT2D eigenvalue weighted by atomic mass is 9.91. The van der Waals surface area contributed by atoms with Crippen molar-refractivity contribution in [3.63, 3.8) is 0 Å². The van der Waals surface area contributed by atoms with Gasteiger partial charge in [-0.1, -0.05) is 34.2 Å². The molecule has 8 nitrogen and oxygen atoms in total. The number of allylic oxidation sites excluding steroid dienone is 2. The number of carbonyl (C=O) groups is 1. The van der Waals surface area contributed by atoms with Crippen LogP contribution in [-0.2, 0) is 16.1 Å². The van der Waals surface area contributed by atoms with Crippen LogP contribution in [0.4, 0.5) is 5.13 Å². The van der Waals surface area contributed by atoms with Crippen LogP contribution in [0.1, 0.15) is 18.4 Å². The van der Waals surface area contributed by atoms with Gasteiger partial charge in [-0.05, 0) is 6.42 Å². The number of rotatable bonds is 5. The van der Waals surface area contributed by atoms with E-state index in [2.05, 4.69) is 36.4 Å². The Labute approximate surface area is 132 Å². The Morgan fingerprint density at radius 1 is 1.57 bits per heavy atom. The molecule has 0 saturated heterocycles. The van der Waals surface area contributed by atoms with Gasteiger partial charge in [0.2, 0.25) is 0 Å². The average molecular weight is 374 g/mol. The zero-order valence-electron chi connectivity index (χ0n) is 11.0. The van der Waals surface area contributed by atoms with Crippen LogP contribution < -0.4 is 0 Å². The molecule has 0 spiro atoms. The third-order valence-electron chi connectivity index (χ3n) is 2.76. The first-order valence-corrected chi connectivity index (χ1v) is 7.72. The smallest absolute Gasteiger partial charge is 0.251 e. The van der Waals surface area contributed by atoms with Crippen molar-refractivity contribution in [1.82, 2.24) is 10.2 Å². The summed E-state index contributed by atoms with van der Waals surface area (Å²) in [5.41, 5.74) is -0.0527. The molecule has 0 radical (unpaired) electrons. The van der Waals surface area contributed by atoms with E-state index in [0.29, 0.717) is 11.4 Å². The van der Waals surface area contributed by atoms with Crippen LogP contribution in [-0.4, -0.2) is 32.3 Å². The zero-order valence-corrected chi connectivity index (χ0v) is 13.4. The monoisotopic (exact) mass is 373 g/mol. The van der Waals surface area contributed by atoms with Crippen LogP contribution in [0.25, 0.3) is 0 Å². The highest BCUT2D eigenvalue weighted by molar-refractivity contribution is 9.09. The van der Waals surface area contributed by atoms with Gasteiger partial charge >= 0.3 is 0 Å². The first-order chi connectivity index (χ1) is 10.0. The van der Waals surface area contributed by atoms with Crippen molar-refractivity contribution in [2.75, 3.05) is 0 Å². The van der Waals surface area contributed by atoms with Gasteiger partial charge in [0, 0.05) is 5.92 Å². The molecular formula is C11H12BrN5O3S. The van der Waals surface area contributed by atoms with Crippen molar-refractivity contribution in [2.24, 2.45) is 16.1 Å². The Balaban J connectivity index is 2.15. The Hall–Kier alpha value is -1.68.